The van der Waals surface area contributed by atoms with Crippen LogP contribution >= 0.6 is 0 Å². The zero-order valence-corrected chi connectivity index (χ0v) is 29.2. The Kier molecular flexibility index (Phi) is 9.89. The van der Waals surface area contributed by atoms with E-state index >= 15 is 0 Å². The fraction of sp³-hybridized carbons (Fsp3) is 0.486. The highest BCUT2D eigenvalue weighted by Crippen LogP contribution is 2.51. The molecule has 49 heavy (non-hydrogen) atoms. The number of Topliss-reactive ketones (excluding diaryl/α,β-unsaturated/α-hetero) is 1. The van der Waals surface area contributed by atoms with Crippen molar-refractivity contribution in [2.75, 3.05) is 7.11 Å². The molecule has 9 atom stereocenters. The van der Waals surface area contributed by atoms with Gasteiger partial charge in [0.05, 0.1) is 35.5 Å². The lowest BCUT2D eigenvalue weighted by atomic mass is 9.78. The summed E-state index contributed by atoms with van der Waals surface area (Å²) >= 11 is 0. The van der Waals surface area contributed by atoms with Crippen molar-refractivity contribution in [2.45, 2.75) is 85.6 Å². The average molecular weight is 680 g/mol. The number of hydrogen-bond acceptors (Lipinski definition) is 12. The molecule has 0 radical (unpaired) electrons. The van der Waals surface area contributed by atoms with Crippen LogP contribution in [0.2, 0.25) is 0 Å². The summed E-state index contributed by atoms with van der Waals surface area (Å²) in [5.74, 6) is -5.46. The van der Waals surface area contributed by atoms with Crippen LogP contribution in [0.1, 0.15) is 70.3 Å². The number of esters is 1. The Morgan fingerprint density at radius 3 is 2.35 bits per heavy atom. The first kappa shape index (κ1) is 35.9. The predicted octanol–water partition coefficient (Wildman–Crippen LogP) is 5.71. The first-order chi connectivity index (χ1) is 23.0. The van der Waals surface area contributed by atoms with Gasteiger partial charge in [-0.3, -0.25) is 9.59 Å². The van der Waals surface area contributed by atoms with Gasteiger partial charge < -0.3 is 43.8 Å². The number of phenolic OH excluding ortho intramolecular Hbond substituents is 2. The van der Waals surface area contributed by atoms with E-state index in [1.807, 2.05) is 6.92 Å². The van der Waals surface area contributed by atoms with Crippen molar-refractivity contribution in [1.29, 1.82) is 0 Å². The molecule has 3 heterocycles. The fourth-order valence-electron chi connectivity index (χ4n) is 6.89. The largest absolute Gasteiger partial charge is 0.507 e. The Morgan fingerprint density at radius 1 is 1.00 bits per heavy atom. The van der Waals surface area contributed by atoms with Gasteiger partial charge in [0.15, 0.2) is 5.58 Å². The maximum absolute atomic E-state index is 14.0. The van der Waals surface area contributed by atoms with Crippen molar-refractivity contribution >= 4 is 39.2 Å². The number of rotatable bonds is 2. The number of methoxy groups -OCH3 is 1. The number of aliphatic hydroxyl groups is 2. The van der Waals surface area contributed by atoms with E-state index < -0.39 is 59.7 Å². The number of benzene rings is 2. The van der Waals surface area contributed by atoms with E-state index in [9.17, 15) is 30.0 Å². The molecule has 2 aromatic carbocycles. The number of aromatic hydroxyl groups is 2. The number of aromatic nitrogens is 1. The summed E-state index contributed by atoms with van der Waals surface area (Å²) in [5, 5.41) is 45.4. The molecule has 6 bridgehead atoms. The van der Waals surface area contributed by atoms with Gasteiger partial charge in [0.25, 0.3) is 5.78 Å². The molecule has 1 aromatic heterocycles. The lowest BCUT2D eigenvalue weighted by molar-refractivity contribution is -0.160. The summed E-state index contributed by atoms with van der Waals surface area (Å²) in [6.45, 7) is 13.2. The van der Waals surface area contributed by atoms with Crippen LogP contribution in [0.25, 0.3) is 27.4 Å². The molecule has 264 valence electrons. The van der Waals surface area contributed by atoms with Gasteiger partial charge in [-0.15, -0.1) is 0 Å². The summed E-state index contributed by atoms with van der Waals surface area (Å²) in [4.78, 5) is 30.8. The SMILES string of the molecule is COC1C=COC2(C)Oc3c(C)c(O)c4c(c(O)cc5nc(oc54)C(C)=CC=CC(C)C(O)C(C)C(O)C(C)C(OC(C)=O)C1C)c3C2=O. The maximum Gasteiger partial charge on any atom is 0.312 e. The lowest BCUT2D eigenvalue weighted by Gasteiger charge is -2.38. The molecule has 12 heteroatoms. The van der Waals surface area contributed by atoms with Gasteiger partial charge in [0.1, 0.15) is 28.9 Å². The first-order valence-electron chi connectivity index (χ1n) is 16.3. The quantitative estimate of drug-likeness (QED) is 0.243. The van der Waals surface area contributed by atoms with Crippen molar-refractivity contribution < 1.29 is 53.4 Å². The van der Waals surface area contributed by atoms with Gasteiger partial charge in [0.2, 0.25) is 5.89 Å². The molecule has 12 nitrogen and oxygen atoms in total. The van der Waals surface area contributed by atoms with E-state index in [2.05, 4.69) is 4.98 Å². The van der Waals surface area contributed by atoms with Crippen LogP contribution in [0.15, 0.2) is 41.0 Å². The van der Waals surface area contributed by atoms with Gasteiger partial charge in [-0.25, -0.2) is 4.98 Å². The van der Waals surface area contributed by atoms with Crippen molar-refractivity contribution in [3.63, 3.8) is 0 Å². The third kappa shape index (κ3) is 6.28. The Hall–Kier alpha value is -4.39. The minimum atomic E-state index is -1.89. The summed E-state index contributed by atoms with van der Waals surface area (Å²) in [7, 11) is 1.46. The number of ketones is 1. The maximum atomic E-state index is 14.0. The van der Waals surface area contributed by atoms with Crippen LogP contribution < -0.4 is 4.74 Å². The molecule has 0 amide bonds. The number of nitrogens with zero attached hydrogens (tertiary/aromatic N) is 1. The van der Waals surface area contributed by atoms with E-state index in [0.717, 1.165) is 0 Å². The van der Waals surface area contributed by atoms with Crippen LogP contribution in [0.5, 0.6) is 17.2 Å². The lowest BCUT2D eigenvalue weighted by Crippen LogP contribution is -2.46. The van der Waals surface area contributed by atoms with Gasteiger partial charge >= 0.3 is 11.8 Å². The van der Waals surface area contributed by atoms with Gasteiger partial charge in [-0.05, 0) is 19.9 Å². The number of phenols is 2. The van der Waals surface area contributed by atoms with Crippen LogP contribution in [0.3, 0.4) is 0 Å². The molecule has 0 saturated heterocycles. The van der Waals surface area contributed by atoms with Gasteiger partial charge in [-0.1, -0.05) is 45.9 Å². The molecule has 5 rings (SSSR count). The Morgan fingerprint density at radius 2 is 1.69 bits per heavy atom. The number of carbonyl (C=O) groups is 2. The Balaban J connectivity index is 1.68. The van der Waals surface area contributed by atoms with Crippen molar-refractivity contribution in [3.05, 3.63) is 53.7 Å². The van der Waals surface area contributed by atoms with E-state index in [-0.39, 0.29) is 62.1 Å². The smallest absolute Gasteiger partial charge is 0.312 e. The van der Waals surface area contributed by atoms with E-state index in [0.29, 0.717) is 5.57 Å². The number of allylic oxidation sites excluding steroid dienone is 3. The van der Waals surface area contributed by atoms with E-state index in [1.54, 1.807) is 58.9 Å². The average Bonchev–Trinajstić information content (AvgIpc) is 3.60. The molecule has 2 aliphatic heterocycles. The minimum Gasteiger partial charge on any atom is -0.507 e. The van der Waals surface area contributed by atoms with Crippen LogP contribution in [-0.2, 0) is 19.0 Å². The number of hydrogen-bond donors (Lipinski definition) is 4. The number of ether oxygens (including phenoxy) is 4. The zero-order valence-electron chi connectivity index (χ0n) is 29.2. The second kappa shape index (κ2) is 13.5. The van der Waals surface area contributed by atoms with Crippen LogP contribution in [-0.4, -0.2) is 74.5 Å². The Bertz CT molecular complexity index is 1870. The molecule has 0 saturated carbocycles. The molecular weight excluding hydrogens is 634 g/mol. The molecule has 0 spiro atoms. The number of fused-ring (bicyclic) bond motifs is 2. The van der Waals surface area contributed by atoms with Gasteiger partial charge in [0, 0.05) is 67.2 Å². The topological polar surface area (TPSA) is 178 Å². The van der Waals surface area contributed by atoms with Crippen molar-refractivity contribution in [3.8, 4) is 17.2 Å². The Labute approximate surface area is 284 Å². The summed E-state index contributed by atoms with van der Waals surface area (Å²) in [5.41, 5.74) is 1.30. The summed E-state index contributed by atoms with van der Waals surface area (Å²) in [6.07, 6.45) is 4.52. The number of aliphatic hydroxyl groups excluding tert-OH is 2. The zero-order chi connectivity index (χ0) is 36.1. The van der Waals surface area contributed by atoms with E-state index in [4.69, 9.17) is 23.4 Å². The first-order valence-corrected chi connectivity index (χ1v) is 16.3. The standard InChI is InChI=1S/C37H45NO11/c1-16-11-10-12-17(2)36-38-23-15-24(40)26-27(34(23)48-36)31(43)21(6)33-28(26)35(44)37(8,49-33)46-14-13-25(45-9)18(3)32(47-22(7)39)20(5)30(42)19(4)29(16)41/h10-16,18-20,25,29-30,32,40-43H,1-9H3. The second-order valence-corrected chi connectivity index (χ2v) is 13.4. The summed E-state index contributed by atoms with van der Waals surface area (Å²) in [6, 6.07) is 1.36. The molecule has 0 aliphatic carbocycles. The fourth-order valence-corrected chi connectivity index (χ4v) is 6.89. The van der Waals surface area contributed by atoms with Crippen LogP contribution in [0, 0.1) is 30.6 Å². The highest BCUT2D eigenvalue weighted by molar-refractivity contribution is 6.23. The second-order valence-electron chi connectivity index (χ2n) is 13.4. The number of oxazole rings is 1. The van der Waals surface area contributed by atoms with Crippen LogP contribution in [0.4, 0.5) is 0 Å². The molecule has 4 N–H and O–H groups in total. The van der Waals surface area contributed by atoms with Gasteiger partial charge in [-0.2, -0.15) is 0 Å². The van der Waals surface area contributed by atoms with Crippen molar-refractivity contribution in [2.24, 2.45) is 23.7 Å². The molecular formula is C37H45NO11. The molecule has 3 aromatic rings. The number of carbonyl (C=O) groups excluding carboxylic acids is 2. The monoisotopic (exact) mass is 679 g/mol. The predicted molar refractivity (Wildman–Crippen MR) is 181 cm³/mol. The molecule has 0 fully saturated rings. The van der Waals surface area contributed by atoms with Crippen molar-refractivity contribution in [1.82, 2.24) is 4.98 Å². The van der Waals surface area contributed by atoms with E-state index in [1.165, 1.54) is 33.3 Å². The molecule has 2 aliphatic rings. The highest BCUT2D eigenvalue weighted by Gasteiger charge is 2.49. The molecule has 9 unspecified atom stereocenters. The third-order valence-corrected chi connectivity index (χ3v) is 9.95. The third-order valence-electron chi connectivity index (χ3n) is 9.95. The normalized spacial score (nSPS) is 31.1. The highest BCUT2D eigenvalue weighted by atomic mass is 16.7. The summed E-state index contributed by atoms with van der Waals surface area (Å²) < 4.78 is 29.6. The minimum absolute atomic E-state index is 0.0169.